The van der Waals surface area contributed by atoms with E-state index in [4.69, 9.17) is 14.9 Å². The zero-order chi connectivity index (χ0) is 21.4. The topological polar surface area (TPSA) is 61.7 Å². The Morgan fingerprint density at radius 3 is 2.32 bits per heavy atom. The lowest BCUT2D eigenvalue weighted by Gasteiger charge is -2.36. The van der Waals surface area contributed by atoms with E-state index in [2.05, 4.69) is 51.4 Å². The number of hydrogen-bond acceptors (Lipinski definition) is 5. The summed E-state index contributed by atoms with van der Waals surface area (Å²) in [6, 6.07) is 0. The zero-order valence-electron chi connectivity index (χ0n) is 19.1. The molecule has 3 N–H and O–H groups in total. The van der Waals surface area contributed by atoms with Crippen LogP contribution in [-0.2, 0) is 4.74 Å². The standard InChI is InChI=1S/C10H20S.C8H17NO2.C5H10O/c1-4-10(2,3)9-5-7-11-8-6-9;1-7(2)5-9-4-3-8(11)6-10;1-5-3-2-4-6-5/h9H,4-8H2,1-3H3;8-11H,1,3-6H2,2H3;5H,2-4H2,1H3. The predicted octanol–water partition coefficient (Wildman–Crippen LogP) is 4.65. The van der Waals surface area contributed by atoms with Crippen LogP contribution in [0, 0.1) is 11.3 Å². The number of ether oxygens (including phenoxy) is 1. The van der Waals surface area contributed by atoms with Crippen molar-refractivity contribution in [2.45, 2.75) is 85.4 Å². The van der Waals surface area contributed by atoms with Gasteiger partial charge in [0.2, 0.25) is 0 Å². The second-order valence-corrected chi connectivity index (χ2v) is 10.0. The zero-order valence-corrected chi connectivity index (χ0v) is 20.0. The summed E-state index contributed by atoms with van der Waals surface area (Å²) in [7, 11) is 0. The van der Waals surface area contributed by atoms with E-state index in [-0.39, 0.29) is 6.61 Å². The van der Waals surface area contributed by atoms with Gasteiger partial charge < -0.3 is 20.3 Å². The van der Waals surface area contributed by atoms with Crippen molar-refractivity contribution in [3.63, 3.8) is 0 Å². The Kier molecular flexibility index (Phi) is 16.7. The Hall–Kier alpha value is -0.0700. The summed E-state index contributed by atoms with van der Waals surface area (Å²) in [6.07, 6.45) is 7.31. The van der Waals surface area contributed by atoms with Crippen LogP contribution in [0.3, 0.4) is 0 Å². The Balaban J connectivity index is 0.000000407. The average Bonchev–Trinajstić information content (AvgIpc) is 3.17. The molecule has 0 amide bonds. The molecule has 0 aromatic rings. The van der Waals surface area contributed by atoms with Gasteiger partial charge in [-0.25, -0.2) is 0 Å². The van der Waals surface area contributed by atoms with Crippen molar-refractivity contribution in [1.82, 2.24) is 5.32 Å². The smallest absolute Gasteiger partial charge is 0.0783 e. The summed E-state index contributed by atoms with van der Waals surface area (Å²) in [5.41, 5.74) is 1.67. The number of aliphatic hydroxyl groups is 2. The molecular formula is C23H47NO3S. The maximum Gasteiger partial charge on any atom is 0.0783 e. The molecule has 0 aromatic carbocycles. The number of hydrogen-bond donors (Lipinski definition) is 3. The van der Waals surface area contributed by atoms with Crippen molar-refractivity contribution >= 4 is 11.8 Å². The largest absolute Gasteiger partial charge is 0.394 e. The van der Waals surface area contributed by atoms with Crippen molar-refractivity contribution in [2.75, 3.05) is 37.8 Å². The summed E-state index contributed by atoms with van der Waals surface area (Å²) < 4.78 is 5.15. The summed E-state index contributed by atoms with van der Waals surface area (Å²) in [5, 5.41) is 20.4. The van der Waals surface area contributed by atoms with Crippen LogP contribution in [0.25, 0.3) is 0 Å². The molecule has 168 valence electrons. The third-order valence-corrected chi connectivity index (χ3v) is 6.74. The molecule has 2 aliphatic heterocycles. The highest BCUT2D eigenvalue weighted by Crippen LogP contribution is 2.39. The van der Waals surface area contributed by atoms with Gasteiger partial charge in [0.1, 0.15) is 0 Å². The normalized spacial score (nSPS) is 21.2. The van der Waals surface area contributed by atoms with Crippen molar-refractivity contribution in [3.8, 4) is 0 Å². The summed E-state index contributed by atoms with van der Waals surface area (Å²) in [5.74, 6) is 3.79. The Labute approximate surface area is 178 Å². The van der Waals surface area contributed by atoms with Crippen LogP contribution in [0.2, 0.25) is 0 Å². The fourth-order valence-corrected chi connectivity index (χ4v) is 4.27. The van der Waals surface area contributed by atoms with Crippen LogP contribution in [0.1, 0.15) is 73.1 Å². The third-order valence-electron chi connectivity index (χ3n) is 5.69. The average molecular weight is 418 g/mol. The molecule has 0 radical (unpaired) electrons. The van der Waals surface area contributed by atoms with Crippen LogP contribution < -0.4 is 5.32 Å². The van der Waals surface area contributed by atoms with Gasteiger partial charge in [-0.05, 0) is 75.3 Å². The maximum atomic E-state index is 8.91. The third kappa shape index (κ3) is 14.9. The SMILES string of the molecule is C=C(C)CNCCC(O)CO.CC1CCCO1.CCC(C)(C)C1CCSCC1. The van der Waals surface area contributed by atoms with E-state index in [0.717, 1.165) is 24.6 Å². The molecule has 0 aromatic heterocycles. The van der Waals surface area contributed by atoms with Crippen LogP contribution in [0.5, 0.6) is 0 Å². The second-order valence-electron chi connectivity index (χ2n) is 8.81. The minimum atomic E-state index is -0.590. The quantitative estimate of drug-likeness (QED) is 0.396. The van der Waals surface area contributed by atoms with Gasteiger partial charge in [-0.3, -0.25) is 0 Å². The molecule has 2 saturated heterocycles. The van der Waals surface area contributed by atoms with Gasteiger partial charge in [-0.2, -0.15) is 11.8 Å². The van der Waals surface area contributed by atoms with E-state index in [1.54, 1.807) is 0 Å². The molecule has 0 aliphatic carbocycles. The lowest BCUT2D eigenvalue weighted by Crippen LogP contribution is -2.26. The Morgan fingerprint density at radius 1 is 1.29 bits per heavy atom. The van der Waals surface area contributed by atoms with Crippen molar-refractivity contribution in [1.29, 1.82) is 0 Å². The highest BCUT2D eigenvalue weighted by Gasteiger charge is 2.28. The van der Waals surface area contributed by atoms with Crippen LogP contribution in [-0.4, -0.2) is 60.2 Å². The second kappa shape index (κ2) is 16.7. The first-order valence-corrected chi connectivity index (χ1v) is 12.2. The number of aliphatic hydroxyl groups excluding tert-OH is 2. The van der Waals surface area contributed by atoms with E-state index >= 15 is 0 Å². The molecule has 2 rings (SSSR count). The summed E-state index contributed by atoms with van der Waals surface area (Å²) in [6.45, 7) is 17.3. The van der Waals surface area contributed by atoms with Gasteiger partial charge >= 0.3 is 0 Å². The van der Waals surface area contributed by atoms with Crippen LogP contribution in [0.15, 0.2) is 12.2 Å². The minimum Gasteiger partial charge on any atom is -0.394 e. The van der Waals surface area contributed by atoms with Crippen LogP contribution >= 0.6 is 11.8 Å². The number of thioether (sulfide) groups is 1. The number of nitrogens with one attached hydrogen (secondary N) is 1. The molecule has 0 spiro atoms. The summed E-state index contributed by atoms with van der Waals surface area (Å²) >= 11 is 2.13. The summed E-state index contributed by atoms with van der Waals surface area (Å²) in [4.78, 5) is 0. The van der Waals surface area contributed by atoms with Gasteiger partial charge in [0.15, 0.2) is 0 Å². The molecule has 2 fully saturated rings. The first-order valence-electron chi connectivity index (χ1n) is 11.1. The van der Waals surface area contributed by atoms with Gasteiger partial charge in [0, 0.05) is 13.2 Å². The van der Waals surface area contributed by atoms with E-state index in [0.29, 0.717) is 24.5 Å². The van der Waals surface area contributed by atoms with E-state index < -0.39 is 6.10 Å². The molecule has 4 nitrogen and oxygen atoms in total. The molecule has 0 saturated carbocycles. The molecular weight excluding hydrogens is 370 g/mol. The lowest BCUT2D eigenvalue weighted by molar-refractivity contribution is 0.0885. The van der Waals surface area contributed by atoms with E-state index in [9.17, 15) is 0 Å². The fourth-order valence-electron chi connectivity index (χ4n) is 3.17. The Morgan fingerprint density at radius 2 is 1.93 bits per heavy atom. The lowest BCUT2D eigenvalue weighted by atomic mass is 9.74. The molecule has 5 heteroatoms. The highest BCUT2D eigenvalue weighted by atomic mass is 32.2. The fraction of sp³-hybridized carbons (Fsp3) is 0.913. The minimum absolute atomic E-state index is 0.158. The first kappa shape index (κ1) is 27.9. The molecule has 2 unspecified atom stereocenters. The molecule has 2 heterocycles. The maximum absolute atomic E-state index is 8.91. The predicted molar refractivity (Wildman–Crippen MR) is 124 cm³/mol. The Bertz CT molecular complexity index is 378. The van der Waals surface area contributed by atoms with Crippen molar-refractivity contribution in [3.05, 3.63) is 12.2 Å². The number of rotatable bonds is 8. The monoisotopic (exact) mass is 417 g/mol. The van der Waals surface area contributed by atoms with Crippen LogP contribution in [0.4, 0.5) is 0 Å². The van der Waals surface area contributed by atoms with Gasteiger partial charge in [0.25, 0.3) is 0 Å². The molecule has 28 heavy (non-hydrogen) atoms. The van der Waals surface area contributed by atoms with Gasteiger partial charge in [0.05, 0.1) is 18.8 Å². The van der Waals surface area contributed by atoms with E-state index in [1.165, 1.54) is 43.6 Å². The molecule has 2 atom stereocenters. The molecule has 0 bridgehead atoms. The van der Waals surface area contributed by atoms with E-state index in [1.807, 2.05) is 6.92 Å². The van der Waals surface area contributed by atoms with Gasteiger partial charge in [-0.15, -0.1) is 0 Å². The highest BCUT2D eigenvalue weighted by molar-refractivity contribution is 7.99. The first-order chi connectivity index (χ1) is 13.2. The molecule has 2 aliphatic rings. The van der Waals surface area contributed by atoms with Gasteiger partial charge in [-0.1, -0.05) is 39.3 Å². The van der Waals surface area contributed by atoms with Crippen molar-refractivity contribution < 1.29 is 14.9 Å². The van der Waals surface area contributed by atoms with Crippen molar-refractivity contribution in [2.24, 2.45) is 11.3 Å².